The zero-order chi connectivity index (χ0) is 31.8. The molecule has 0 spiro atoms. The number of phenols is 1. The Labute approximate surface area is 258 Å². The van der Waals surface area contributed by atoms with Gasteiger partial charge < -0.3 is 24.4 Å². The first-order valence-corrected chi connectivity index (χ1v) is 14.4. The minimum absolute atomic E-state index is 0.0220. The van der Waals surface area contributed by atoms with Crippen LogP contribution < -0.4 is 9.64 Å². The number of aromatic nitrogens is 2. The lowest BCUT2D eigenvalue weighted by Crippen LogP contribution is -2.56. The Morgan fingerprint density at radius 3 is 2.68 bits per heavy atom. The molecule has 3 aromatic carbocycles. The number of amides is 1. The summed E-state index contributed by atoms with van der Waals surface area (Å²) in [6, 6.07) is 13.1. The molecule has 1 aliphatic heterocycles. The Morgan fingerprint density at radius 2 is 1.98 bits per heavy atom. The van der Waals surface area contributed by atoms with Crippen molar-refractivity contribution >= 4 is 51.5 Å². The number of aromatic hydroxyl groups is 1. The normalized spacial score (nSPS) is 16.1. The number of rotatable bonds is 6. The monoisotopic (exact) mass is 619 g/mol. The minimum Gasteiger partial charge on any atom is -0.508 e. The third-order valence-electron chi connectivity index (χ3n) is 7.18. The second-order valence-corrected chi connectivity index (χ2v) is 12.0. The topological polar surface area (TPSA) is 129 Å². The average molecular weight is 620 g/mol. The molecule has 1 amide bonds. The highest BCUT2D eigenvalue weighted by Gasteiger charge is 2.35. The van der Waals surface area contributed by atoms with E-state index in [-0.39, 0.29) is 65.1 Å². The van der Waals surface area contributed by atoms with Gasteiger partial charge in [0.05, 0.1) is 23.6 Å². The number of hydrogen-bond donors (Lipinski definition) is 1. The van der Waals surface area contributed by atoms with Crippen LogP contribution in [0, 0.1) is 17.1 Å². The number of halogens is 2. The molecule has 1 fully saturated rings. The zero-order valence-corrected chi connectivity index (χ0v) is 25.4. The summed E-state index contributed by atoms with van der Waals surface area (Å²) in [5.74, 6) is -0.563. The minimum atomic E-state index is -0.916. The molecule has 1 N–H and O–H groups in total. The van der Waals surface area contributed by atoms with Crippen molar-refractivity contribution in [3.63, 3.8) is 0 Å². The van der Waals surface area contributed by atoms with Crippen molar-refractivity contribution in [1.29, 1.82) is 5.26 Å². The van der Waals surface area contributed by atoms with Crippen LogP contribution in [0.2, 0.25) is 5.02 Å². The Balaban J connectivity index is 1.65. The molecule has 44 heavy (non-hydrogen) atoms. The van der Waals surface area contributed by atoms with Crippen molar-refractivity contribution < 1.29 is 28.6 Å². The maximum atomic E-state index is 16.6. The summed E-state index contributed by atoms with van der Waals surface area (Å²) >= 11 is 6.77. The number of hydrogen-bond acceptors (Lipinski definition) is 9. The number of fused-ring (bicyclic) bond motifs is 2. The van der Waals surface area contributed by atoms with Gasteiger partial charge in [-0.15, -0.1) is 0 Å². The Hall–Kier alpha value is -4.69. The van der Waals surface area contributed by atoms with E-state index < -0.39 is 29.7 Å². The van der Waals surface area contributed by atoms with Gasteiger partial charge in [0.2, 0.25) is 0 Å². The predicted octanol–water partition coefficient (Wildman–Crippen LogP) is 6.25. The van der Waals surface area contributed by atoms with E-state index in [4.69, 9.17) is 21.1 Å². The number of carbonyl (C=O) groups excluding carboxylic acids is 2. The number of benzene rings is 3. The summed E-state index contributed by atoms with van der Waals surface area (Å²) < 4.78 is 27.8. The molecule has 12 heteroatoms. The van der Waals surface area contributed by atoms with Crippen molar-refractivity contribution in [2.75, 3.05) is 24.5 Å². The van der Waals surface area contributed by atoms with Gasteiger partial charge >= 0.3 is 12.1 Å². The molecule has 2 heterocycles. The van der Waals surface area contributed by atoms with Crippen LogP contribution in [0.3, 0.4) is 0 Å². The van der Waals surface area contributed by atoms with Crippen molar-refractivity contribution in [3.05, 3.63) is 53.3 Å². The third kappa shape index (κ3) is 6.17. The quantitative estimate of drug-likeness (QED) is 0.249. The fourth-order valence-electron chi connectivity index (χ4n) is 5.28. The molecule has 1 saturated heterocycles. The van der Waals surface area contributed by atoms with Gasteiger partial charge in [0.1, 0.15) is 22.7 Å². The smallest absolute Gasteiger partial charge is 0.410 e. The lowest BCUT2D eigenvalue weighted by molar-refractivity contribution is -0.113. The number of aldehydes is 1. The summed E-state index contributed by atoms with van der Waals surface area (Å²) in [5.41, 5.74) is -0.430. The molecule has 0 radical (unpaired) electrons. The van der Waals surface area contributed by atoms with Crippen LogP contribution in [-0.4, -0.2) is 69.7 Å². The first kappa shape index (κ1) is 30.8. The fraction of sp³-hybridized carbons (Fsp3) is 0.344. The molecule has 0 aliphatic carbocycles. The van der Waals surface area contributed by atoms with Crippen LogP contribution in [-0.2, 0) is 9.53 Å². The maximum Gasteiger partial charge on any atom is 0.410 e. The second kappa shape index (κ2) is 12.1. The number of nitriles is 1. The van der Waals surface area contributed by atoms with Crippen molar-refractivity contribution in [1.82, 2.24) is 14.9 Å². The standard InChI is InChI=1S/C32H31ClFN5O5/c1-18(17-40)43-30-36-28-24(15-25(33)26(27(28)34)23-14-21(41)13-19-7-5-6-8-22(19)23)29(37-30)38-11-12-39(20(16-38)9-10-35)31(42)44-32(2,3)4/h5-8,13-15,17-18,20,41H,9,11-12,16H2,1-4H3/t18?,20-/m0/s1. The first-order chi connectivity index (χ1) is 20.9. The second-order valence-electron chi connectivity index (χ2n) is 11.6. The van der Waals surface area contributed by atoms with Crippen LogP contribution in [0.5, 0.6) is 11.8 Å². The van der Waals surface area contributed by atoms with Gasteiger partial charge in [-0.3, -0.25) is 4.79 Å². The Morgan fingerprint density at radius 1 is 1.23 bits per heavy atom. The lowest BCUT2D eigenvalue weighted by atomic mass is 9.96. The van der Waals surface area contributed by atoms with Crippen molar-refractivity contribution in [3.8, 4) is 29.0 Å². The average Bonchev–Trinajstić information content (AvgIpc) is 2.96. The largest absolute Gasteiger partial charge is 0.508 e. The highest BCUT2D eigenvalue weighted by Crippen LogP contribution is 2.42. The van der Waals surface area contributed by atoms with E-state index in [2.05, 4.69) is 16.0 Å². The molecule has 1 unspecified atom stereocenters. The Kier molecular flexibility index (Phi) is 8.48. The number of piperazine rings is 1. The molecular weight excluding hydrogens is 589 g/mol. The van der Waals surface area contributed by atoms with Crippen LogP contribution in [0.25, 0.3) is 32.8 Å². The summed E-state index contributed by atoms with van der Waals surface area (Å²) in [6.45, 7) is 7.46. The number of carbonyl (C=O) groups is 2. The summed E-state index contributed by atoms with van der Waals surface area (Å²) in [6.07, 6.45) is -0.863. The lowest BCUT2D eigenvalue weighted by Gasteiger charge is -2.41. The van der Waals surface area contributed by atoms with Gasteiger partial charge in [-0.25, -0.2) is 9.18 Å². The number of nitrogens with zero attached hydrogens (tertiary/aromatic N) is 5. The first-order valence-electron chi connectivity index (χ1n) is 14.1. The van der Waals surface area contributed by atoms with Gasteiger partial charge in [-0.2, -0.15) is 15.2 Å². The van der Waals surface area contributed by atoms with Crippen molar-refractivity contribution in [2.24, 2.45) is 0 Å². The molecule has 10 nitrogen and oxygen atoms in total. The van der Waals surface area contributed by atoms with E-state index in [0.29, 0.717) is 22.6 Å². The van der Waals surface area contributed by atoms with E-state index in [0.717, 1.165) is 0 Å². The zero-order valence-electron chi connectivity index (χ0n) is 24.7. The molecule has 0 bridgehead atoms. The predicted molar refractivity (Wildman–Crippen MR) is 164 cm³/mol. The van der Waals surface area contributed by atoms with Crippen LogP contribution >= 0.6 is 11.6 Å². The fourth-order valence-corrected chi connectivity index (χ4v) is 5.58. The van der Waals surface area contributed by atoms with E-state index in [1.807, 2.05) is 11.0 Å². The van der Waals surface area contributed by atoms with E-state index >= 15 is 4.39 Å². The van der Waals surface area contributed by atoms with E-state index in [9.17, 15) is 20.0 Å². The summed E-state index contributed by atoms with van der Waals surface area (Å²) in [5, 5.41) is 21.7. The molecular formula is C32H31ClFN5O5. The molecule has 4 aromatic rings. The molecule has 1 aliphatic rings. The molecule has 5 rings (SSSR count). The van der Waals surface area contributed by atoms with Crippen LogP contribution in [0.15, 0.2) is 42.5 Å². The molecule has 1 aromatic heterocycles. The van der Waals surface area contributed by atoms with Gasteiger partial charge in [-0.1, -0.05) is 35.9 Å². The van der Waals surface area contributed by atoms with Crippen LogP contribution in [0.1, 0.15) is 34.1 Å². The van der Waals surface area contributed by atoms with Gasteiger partial charge in [0.25, 0.3) is 0 Å². The van der Waals surface area contributed by atoms with Gasteiger partial charge in [0, 0.05) is 30.6 Å². The molecule has 0 saturated carbocycles. The molecule has 228 valence electrons. The number of phenolic OH excluding ortho intramolecular Hbond substituents is 1. The number of anilines is 1. The highest BCUT2D eigenvalue weighted by molar-refractivity contribution is 6.35. The van der Waals surface area contributed by atoms with E-state index in [1.165, 1.54) is 17.9 Å². The van der Waals surface area contributed by atoms with Gasteiger partial charge in [0.15, 0.2) is 18.2 Å². The third-order valence-corrected chi connectivity index (χ3v) is 7.48. The number of ether oxygens (including phenoxy) is 2. The van der Waals surface area contributed by atoms with E-state index in [1.54, 1.807) is 51.1 Å². The summed E-state index contributed by atoms with van der Waals surface area (Å²) in [4.78, 5) is 36.5. The summed E-state index contributed by atoms with van der Waals surface area (Å²) in [7, 11) is 0. The Bertz CT molecular complexity index is 1800. The van der Waals surface area contributed by atoms with Gasteiger partial charge in [-0.05, 0) is 62.2 Å². The maximum absolute atomic E-state index is 16.6. The van der Waals surface area contributed by atoms with Crippen molar-refractivity contribution in [2.45, 2.75) is 51.9 Å². The highest BCUT2D eigenvalue weighted by atomic mass is 35.5. The van der Waals surface area contributed by atoms with Crippen LogP contribution in [0.4, 0.5) is 15.0 Å². The SMILES string of the molecule is CC(C=O)Oc1nc(N2CCN(C(=O)OC(C)(C)C)[C@@H](CC#N)C2)c2cc(Cl)c(-c3cc(O)cc4ccccc34)c(F)c2n1. The molecule has 2 atom stereocenters.